The van der Waals surface area contributed by atoms with E-state index in [1.54, 1.807) is 24.8 Å². The second-order valence-electron chi connectivity index (χ2n) is 6.82. The summed E-state index contributed by atoms with van der Waals surface area (Å²) >= 11 is 0. The molecule has 3 rings (SSSR count). The highest BCUT2D eigenvalue weighted by atomic mass is 16.5. The van der Waals surface area contributed by atoms with Crippen LogP contribution in [0.2, 0.25) is 0 Å². The molecule has 7 heteroatoms. The summed E-state index contributed by atoms with van der Waals surface area (Å²) in [6.07, 6.45) is 2.08. The highest BCUT2D eigenvalue weighted by Gasteiger charge is 2.34. The summed E-state index contributed by atoms with van der Waals surface area (Å²) in [6, 6.07) is 3.01. The molecule has 0 saturated carbocycles. The van der Waals surface area contributed by atoms with E-state index in [-0.39, 0.29) is 23.8 Å². The van der Waals surface area contributed by atoms with Crippen molar-refractivity contribution >= 4 is 11.8 Å². The summed E-state index contributed by atoms with van der Waals surface area (Å²) in [7, 11) is 0. The zero-order valence-corrected chi connectivity index (χ0v) is 14.7. The molecule has 0 N–H and O–H groups in total. The van der Waals surface area contributed by atoms with Gasteiger partial charge in [-0.2, -0.15) is 0 Å². The maximum atomic E-state index is 12.7. The monoisotopic (exact) mass is 348 g/mol. The molecule has 1 atom stereocenters. The van der Waals surface area contributed by atoms with Crippen molar-refractivity contribution in [2.75, 3.05) is 26.2 Å². The van der Waals surface area contributed by atoms with Gasteiger partial charge in [0.05, 0.1) is 12.6 Å². The maximum Gasteiger partial charge on any atom is 0.339 e. The summed E-state index contributed by atoms with van der Waals surface area (Å²) < 4.78 is 10.8. The first-order chi connectivity index (χ1) is 11.9. The lowest BCUT2D eigenvalue weighted by molar-refractivity contribution is -0.139. The fourth-order valence-electron chi connectivity index (χ4n) is 3.56. The van der Waals surface area contributed by atoms with E-state index in [4.69, 9.17) is 9.15 Å². The largest absolute Gasteiger partial charge is 0.488 e. The quantitative estimate of drug-likeness (QED) is 0.820. The highest BCUT2D eigenvalue weighted by molar-refractivity contribution is 5.80. The number of ether oxygens (including phenoxy) is 1. The zero-order valence-electron chi connectivity index (χ0n) is 14.7. The van der Waals surface area contributed by atoms with Gasteiger partial charge in [-0.3, -0.25) is 9.59 Å². The Morgan fingerprint density at radius 1 is 1.12 bits per heavy atom. The number of likely N-dealkylation sites (tertiary alicyclic amines) is 2. The van der Waals surface area contributed by atoms with Crippen LogP contribution in [0, 0.1) is 12.8 Å². The molecule has 2 aliphatic rings. The smallest absolute Gasteiger partial charge is 0.339 e. The third-order valence-corrected chi connectivity index (χ3v) is 4.92. The van der Waals surface area contributed by atoms with Gasteiger partial charge in [-0.25, -0.2) is 4.79 Å². The third kappa shape index (κ3) is 4.21. The van der Waals surface area contributed by atoms with Crippen molar-refractivity contribution in [2.24, 2.45) is 5.92 Å². The molecule has 25 heavy (non-hydrogen) atoms. The second kappa shape index (κ2) is 7.29. The number of hydrogen-bond acceptors (Lipinski definition) is 5. The van der Waals surface area contributed by atoms with Crippen molar-refractivity contribution in [2.45, 2.75) is 39.2 Å². The molecule has 1 aromatic rings. The second-order valence-corrected chi connectivity index (χ2v) is 6.82. The van der Waals surface area contributed by atoms with E-state index < -0.39 is 5.63 Å². The standard InChI is InChI=1S/C18H24N2O5/c1-12-9-16(10-17(22)24-12)25-15-5-8-20(11-15)18(23)14-3-6-19(7-4-14)13(2)21/h9-10,14-15H,3-8,11H2,1-2H3. The van der Waals surface area contributed by atoms with Gasteiger partial charge in [-0.05, 0) is 19.8 Å². The molecule has 1 unspecified atom stereocenters. The minimum Gasteiger partial charge on any atom is -0.488 e. The number of hydrogen-bond donors (Lipinski definition) is 0. The average Bonchev–Trinajstić information content (AvgIpc) is 3.01. The molecule has 0 spiro atoms. The Kier molecular flexibility index (Phi) is 5.11. The van der Waals surface area contributed by atoms with Gasteiger partial charge in [0.15, 0.2) is 0 Å². The van der Waals surface area contributed by atoms with E-state index in [1.165, 1.54) is 6.07 Å². The summed E-state index contributed by atoms with van der Waals surface area (Å²) in [4.78, 5) is 39.1. The zero-order chi connectivity index (χ0) is 18.0. The van der Waals surface area contributed by atoms with Gasteiger partial charge in [-0.15, -0.1) is 0 Å². The molecule has 0 aromatic carbocycles. The van der Waals surface area contributed by atoms with Crippen LogP contribution in [-0.4, -0.2) is 53.9 Å². The van der Waals surface area contributed by atoms with Gasteiger partial charge < -0.3 is 19.0 Å². The van der Waals surface area contributed by atoms with E-state index >= 15 is 0 Å². The number of carbonyl (C=O) groups excluding carboxylic acids is 2. The van der Waals surface area contributed by atoms with Crippen LogP contribution in [0.1, 0.15) is 31.9 Å². The molecule has 0 aliphatic carbocycles. The lowest BCUT2D eigenvalue weighted by Crippen LogP contribution is -2.43. The minimum atomic E-state index is -0.432. The van der Waals surface area contributed by atoms with Crippen LogP contribution in [0.15, 0.2) is 21.3 Å². The first-order valence-electron chi connectivity index (χ1n) is 8.75. The normalized spacial score (nSPS) is 21.4. The number of piperidine rings is 1. The molecule has 2 amide bonds. The van der Waals surface area contributed by atoms with Crippen molar-refractivity contribution in [1.29, 1.82) is 0 Å². The minimum absolute atomic E-state index is 0.0136. The van der Waals surface area contributed by atoms with Crippen LogP contribution in [0.5, 0.6) is 5.75 Å². The predicted octanol–water partition coefficient (Wildman–Crippen LogP) is 1.19. The Labute approximate surface area is 146 Å². The lowest BCUT2D eigenvalue weighted by Gasteiger charge is -2.32. The van der Waals surface area contributed by atoms with Gasteiger partial charge >= 0.3 is 5.63 Å². The molecule has 2 fully saturated rings. The van der Waals surface area contributed by atoms with Gasteiger partial charge in [0.1, 0.15) is 17.6 Å². The highest BCUT2D eigenvalue weighted by Crippen LogP contribution is 2.24. The fraction of sp³-hybridized carbons (Fsp3) is 0.611. The Bertz CT molecular complexity index is 706. The van der Waals surface area contributed by atoms with Crippen LogP contribution >= 0.6 is 0 Å². The number of rotatable bonds is 3. The molecule has 136 valence electrons. The van der Waals surface area contributed by atoms with Crippen molar-refractivity contribution in [3.05, 3.63) is 28.3 Å². The van der Waals surface area contributed by atoms with E-state index in [9.17, 15) is 14.4 Å². The van der Waals surface area contributed by atoms with Crippen LogP contribution in [0.4, 0.5) is 0 Å². The summed E-state index contributed by atoms with van der Waals surface area (Å²) in [6.45, 7) is 5.77. The predicted molar refractivity (Wildman–Crippen MR) is 90.3 cm³/mol. The summed E-state index contributed by atoms with van der Waals surface area (Å²) in [5, 5.41) is 0. The molecule has 0 bridgehead atoms. The molecule has 2 saturated heterocycles. The van der Waals surface area contributed by atoms with Crippen molar-refractivity contribution in [3.63, 3.8) is 0 Å². The number of amides is 2. The maximum absolute atomic E-state index is 12.7. The number of aryl methyl sites for hydroxylation is 1. The first-order valence-corrected chi connectivity index (χ1v) is 8.75. The molecular formula is C18H24N2O5. The molecule has 1 aromatic heterocycles. The Hall–Kier alpha value is -2.31. The fourth-order valence-corrected chi connectivity index (χ4v) is 3.56. The van der Waals surface area contributed by atoms with Gasteiger partial charge in [0, 0.05) is 45.0 Å². The summed E-state index contributed by atoms with van der Waals surface area (Å²) in [5.41, 5.74) is -0.432. The SMILES string of the molecule is CC(=O)N1CCC(C(=O)N2CCC(Oc3cc(C)oc(=O)c3)C2)CC1. The van der Waals surface area contributed by atoms with Crippen molar-refractivity contribution < 1.29 is 18.7 Å². The third-order valence-electron chi connectivity index (χ3n) is 4.92. The first kappa shape index (κ1) is 17.5. The topological polar surface area (TPSA) is 80.1 Å². The Morgan fingerprint density at radius 2 is 1.80 bits per heavy atom. The summed E-state index contributed by atoms with van der Waals surface area (Å²) in [5.74, 6) is 1.20. The average molecular weight is 348 g/mol. The van der Waals surface area contributed by atoms with Crippen LogP contribution < -0.4 is 10.4 Å². The Balaban J connectivity index is 1.53. The van der Waals surface area contributed by atoms with Crippen LogP contribution in [0.25, 0.3) is 0 Å². The number of carbonyl (C=O) groups is 2. The number of nitrogens with zero attached hydrogens (tertiary/aromatic N) is 2. The Morgan fingerprint density at radius 3 is 2.44 bits per heavy atom. The van der Waals surface area contributed by atoms with Crippen molar-refractivity contribution in [1.82, 2.24) is 9.80 Å². The van der Waals surface area contributed by atoms with E-state index in [0.29, 0.717) is 37.7 Å². The van der Waals surface area contributed by atoms with Gasteiger partial charge in [0.2, 0.25) is 11.8 Å². The molecule has 7 nitrogen and oxygen atoms in total. The van der Waals surface area contributed by atoms with E-state index in [0.717, 1.165) is 19.3 Å². The van der Waals surface area contributed by atoms with Crippen molar-refractivity contribution in [3.8, 4) is 5.75 Å². The van der Waals surface area contributed by atoms with Crippen LogP contribution in [0.3, 0.4) is 0 Å². The van der Waals surface area contributed by atoms with Gasteiger partial charge in [-0.1, -0.05) is 0 Å². The molecular weight excluding hydrogens is 324 g/mol. The molecule has 3 heterocycles. The van der Waals surface area contributed by atoms with Crippen LogP contribution in [-0.2, 0) is 9.59 Å². The molecule has 0 radical (unpaired) electrons. The van der Waals surface area contributed by atoms with E-state index in [2.05, 4.69) is 0 Å². The molecule has 2 aliphatic heterocycles. The lowest BCUT2D eigenvalue weighted by atomic mass is 9.95. The van der Waals surface area contributed by atoms with Gasteiger partial charge in [0.25, 0.3) is 0 Å². The van der Waals surface area contributed by atoms with E-state index in [1.807, 2.05) is 4.90 Å².